The molecule has 5 rings (SSSR count). The van der Waals surface area contributed by atoms with E-state index in [1.807, 2.05) is 4.90 Å². The van der Waals surface area contributed by atoms with Crippen LogP contribution < -0.4 is 10.2 Å². The predicted octanol–water partition coefficient (Wildman–Crippen LogP) is 2.86. The Balaban J connectivity index is 1.63. The fourth-order valence-electron chi connectivity index (χ4n) is 6.10. The monoisotopic (exact) mass is 405 g/mol. The van der Waals surface area contributed by atoms with Gasteiger partial charge in [-0.25, -0.2) is 9.97 Å². The van der Waals surface area contributed by atoms with Gasteiger partial charge in [0.05, 0.1) is 18.1 Å². The third-order valence-electron chi connectivity index (χ3n) is 6.84. The van der Waals surface area contributed by atoms with Gasteiger partial charge in [-0.05, 0) is 56.3 Å². The lowest BCUT2D eigenvalue weighted by molar-refractivity contribution is -0.383. The van der Waals surface area contributed by atoms with E-state index < -0.39 is 0 Å². The number of hydrogen-bond acceptors (Lipinski definition) is 8. The van der Waals surface area contributed by atoms with Crippen LogP contribution in [0.3, 0.4) is 0 Å². The van der Waals surface area contributed by atoms with Crippen LogP contribution in [0.15, 0.2) is 6.33 Å². The Hall–Kier alpha value is -2.00. The van der Waals surface area contributed by atoms with E-state index in [4.69, 9.17) is 9.47 Å². The molecular formula is C20H31N5O4. The highest BCUT2D eigenvalue weighted by molar-refractivity contribution is 5.71. The Morgan fingerprint density at radius 1 is 1.10 bits per heavy atom. The molecule has 0 aliphatic heterocycles. The molecule has 4 aliphatic rings. The van der Waals surface area contributed by atoms with Gasteiger partial charge in [0, 0.05) is 32.8 Å². The first-order valence-corrected chi connectivity index (χ1v) is 10.5. The largest absolute Gasteiger partial charge is 0.383 e. The van der Waals surface area contributed by atoms with E-state index in [1.54, 1.807) is 14.2 Å². The van der Waals surface area contributed by atoms with Crippen molar-refractivity contribution in [2.24, 2.45) is 17.8 Å². The normalized spacial score (nSPS) is 29.8. The molecule has 0 radical (unpaired) electrons. The van der Waals surface area contributed by atoms with E-state index in [9.17, 15) is 10.1 Å². The fourth-order valence-corrected chi connectivity index (χ4v) is 6.10. The summed E-state index contributed by atoms with van der Waals surface area (Å²) in [6.07, 6.45) is 8.66. The van der Waals surface area contributed by atoms with Crippen LogP contribution in [0.2, 0.25) is 0 Å². The van der Waals surface area contributed by atoms with Crippen LogP contribution in [0.25, 0.3) is 0 Å². The SMILES string of the molecule is COCCN(CCOC)c1ncnc(NC23CC4CC(CC(C4)C2)C3)c1[N+](=O)[O-]. The Morgan fingerprint density at radius 2 is 1.66 bits per heavy atom. The van der Waals surface area contributed by atoms with E-state index in [-0.39, 0.29) is 16.1 Å². The zero-order valence-corrected chi connectivity index (χ0v) is 17.3. The average molecular weight is 405 g/mol. The molecule has 0 spiro atoms. The van der Waals surface area contributed by atoms with Gasteiger partial charge in [-0.1, -0.05) is 0 Å². The van der Waals surface area contributed by atoms with E-state index in [0.29, 0.717) is 37.9 Å². The fraction of sp³-hybridized carbons (Fsp3) is 0.800. The average Bonchev–Trinajstić information content (AvgIpc) is 2.66. The van der Waals surface area contributed by atoms with Crippen molar-refractivity contribution in [3.05, 3.63) is 16.4 Å². The molecule has 160 valence electrons. The highest BCUT2D eigenvalue weighted by Crippen LogP contribution is 2.57. The highest BCUT2D eigenvalue weighted by atomic mass is 16.6. The number of aromatic nitrogens is 2. The second-order valence-electron chi connectivity index (χ2n) is 8.95. The molecule has 1 N–H and O–H groups in total. The van der Waals surface area contributed by atoms with Crippen molar-refractivity contribution < 1.29 is 14.4 Å². The number of methoxy groups -OCH3 is 2. The maximum absolute atomic E-state index is 12.1. The summed E-state index contributed by atoms with van der Waals surface area (Å²) in [5, 5.41) is 15.6. The molecule has 1 aromatic rings. The van der Waals surface area contributed by atoms with Crippen LogP contribution >= 0.6 is 0 Å². The number of nitrogens with zero attached hydrogens (tertiary/aromatic N) is 4. The standard InChI is InChI=1S/C20H31N5O4/c1-28-5-3-24(4-6-29-2)19-17(25(26)27)18(21-13-22-19)23-20-10-14-7-15(11-20)9-16(8-14)12-20/h13-16H,3-12H2,1-2H3,(H,21,22,23). The van der Waals surface area contributed by atoms with Gasteiger partial charge in [0.1, 0.15) is 6.33 Å². The summed E-state index contributed by atoms with van der Waals surface area (Å²) in [6, 6.07) is 0. The van der Waals surface area contributed by atoms with Gasteiger partial charge < -0.3 is 19.7 Å². The molecule has 0 atom stereocenters. The zero-order chi connectivity index (χ0) is 20.4. The molecule has 4 fully saturated rings. The van der Waals surface area contributed by atoms with Gasteiger partial charge in [-0.2, -0.15) is 0 Å². The first-order valence-electron chi connectivity index (χ1n) is 10.5. The second-order valence-corrected chi connectivity index (χ2v) is 8.95. The van der Waals surface area contributed by atoms with Crippen LogP contribution in [0.1, 0.15) is 38.5 Å². The van der Waals surface area contributed by atoms with Crippen molar-refractivity contribution in [1.29, 1.82) is 0 Å². The van der Waals surface area contributed by atoms with Crippen molar-refractivity contribution >= 4 is 17.3 Å². The van der Waals surface area contributed by atoms with Crippen LogP contribution in [0, 0.1) is 27.9 Å². The molecule has 29 heavy (non-hydrogen) atoms. The summed E-state index contributed by atoms with van der Waals surface area (Å²) in [5.74, 6) is 2.91. The minimum absolute atomic E-state index is 0.0459. The van der Waals surface area contributed by atoms with E-state index >= 15 is 0 Å². The first-order chi connectivity index (χ1) is 14.0. The number of nitro groups is 1. The zero-order valence-electron chi connectivity index (χ0n) is 17.3. The molecule has 0 saturated heterocycles. The maximum atomic E-state index is 12.1. The third kappa shape index (κ3) is 4.16. The van der Waals surface area contributed by atoms with E-state index in [1.165, 1.54) is 25.6 Å². The molecule has 4 saturated carbocycles. The van der Waals surface area contributed by atoms with Crippen molar-refractivity contribution in [3.63, 3.8) is 0 Å². The van der Waals surface area contributed by atoms with Gasteiger partial charge in [-0.3, -0.25) is 10.1 Å². The Labute approximate surface area is 171 Å². The number of nitrogens with one attached hydrogen (secondary N) is 1. The topological polar surface area (TPSA) is 103 Å². The molecule has 1 heterocycles. The molecule has 9 nitrogen and oxygen atoms in total. The number of anilines is 2. The highest BCUT2D eigenvalue weighted by Gasteiger charge is 2.51. The smallest absolute Gasteiger partial charge is 0.353 e. The van der Waals surface area contributed by atoms with E-state index in [0.717, 1.165) is 37.0 Å². The molecule has 0 aromatic carbocycles. The van der Waals surface area contributed by atoms with Crippen LogP contribution in [0.5, 0.6) is 0 Å². The number of ether oxygens (including phenoxy) is 2. The Morgan fingerprint density at radius 3 is 2.14 bits per heavy atom. The molecule has 0 amide bonds. The Bertz CT molecular complexity index is 700. The Kier molecular flexibility index (Phi) is 5.87. The molecule has 4 bridgehead atoms. The number of rotatable bonds is 10. The first kappa shape index (κ1) is 20.3. The molecule has 0 unspecified atom stereocenters. The third-order valence-corrected chi connectivity index (χ3v) is 6.84. The summed E-state index contributed by atoms with van der Waals surface area (Å²) < 4.78 is 10.4. The van der Waals surface area contributed by atoms with Crippen LogP contribution in [-0.4, -0.2) is 61.0 Å². The second kappa shape index (κ2) is 8.39. The van der Waals surface area contributed by atoms with E-state index in [2.05, 4.69) is 15.3 Å². The lowest BCUT2D eigenvalue weighted by atomic mass is 9.53. The van der Waals surface area contributed by atoms with Gasteiger partial charge in [-0.15, -0.1) is 0 Å². The summed E-state index contributed by atoms with van der Waals surface area (Å²) in [4.78, 5) is 22.2. The number of hydrogen-bond donors (Lipinski definition) is 1. The molecule has 4 aliphatic carbocycles. The molecule has 1 aromatic heterocycles. The summed E-state index contributed by atoms with van der Waals surface area (Å²) in [7, 11) is 3.23. The quantitative estimate of drug-likeness (QED) is 0.468. The summed E-state index contributed by atoms with van der Waals surface area (Å²) >= 11 is 0. The van der Waals surface area contributed by atoms with Gasteiger partial charge in [0.2, 0.25) is 11.6 Å². The van der Waals surface area contributed by atoms with Gasteiger partial charge >= 0.3 is 5.69 Å². The van der Waals surface area contributed by atoms with Gasteiger partial charge in [0.15, 0.2) is 0 Å². The lowest BCUT2D eigenvalue weighted by Gasteiger charge is -2.57. The van der Waals surface area contributed by atoms with Crippen molar-refractivity contribution in [2.45, 2.75) is 44.1 Å². The summed E-state index contributed by atoms with van der Waals surface area (Å²) in [6.45, 7) is 1.88. The summed E-state index contributed by atoms with van der Waals surface area (Å²) in [5.41, 5.74) is -0.106. The minimum atomic E-state index is -0.356. The van der Waals surface area contributed by atoms with Crippen molar-refractivity contribution in [2.75, 3.05) is 50.7 Å². The van der Waals surface area contributed by atoms with Gasteiger partial charge in [0.25, 0.3) is 0 Å². The molecule has 9 heteroatoms. The van der Waals surface area contributed by atoms with Crippen molar-refractivity contribution in [1.82, 2.24) is 9.97 Å². The predicted molar refractivity (Wildman–Crippen MR) is 109 cm³/mol. The van der Waals surface area contributed by atoms with Crippen molar-refractivity contribution in [3.8, 4) is 0 Å². The van der Waals surface area contributed by atoms with Crippen LogP contribution in [0.4, 0.5) is 17.3 Å². The lowest BCUT2D eigenvalue weighted by Crippen LogP contribution is -2.55. The van der Waals surface area contributed by atoms with Crippen LogP contribution in [-0.2, 0) is 9.47 Å². The molecular weight excluding hydrogens is 374 g/mol. The maximum Gasteiger partial charge on any atom is 0.353 e. The minimum Gasteiger partial charge on any atom is -0.383 e.